The van der Waals surface area contributed by atoms with E-state index in [1.165, 1.54) is 5.56 Å². The van der Waals surface area contributed by atoms with Gasteiger partial charge in [-0.05, 0) is 37.0 Å². The van der Waals surface area contributed by atoms with Crippen LogP contribution in [0.2, 0.25) is 0 Å². The Morgan fingerprint density at radius 1 is 1.06 bits per heavy atom. The summed E-state index contributed by atoms with van der Waals surface area (Å²) in [5.74, 6) is -0.624. The van der Waals surface area contributed by atoms with Gasteiger partial charge in [-0.3, -0.25) is 14.4 Å². The summed E-state index contributed by atoms with van der Waals surface area (Å²) in [5, 5.41) is 2.98. The summed E-state index contributed by atoms with van der Waals surface area (Å²) < 4.78 is 0. The number of carbonyl (C=O) groups is 3. The van der Waals surface area contributed by atoms with Gasteiger partial charge in [0.05, 0.1) is 11.8 Å². The minimum atomic E-state index is -0.326. The largest absolute Gasteiger partial charge is 0.354 e. The van der Waals surface area contributed by atoms with Crippen LogP contribution in [0.4, 0.5) is 0 Å². The first kappa shape index (κ1) is 22.1. The average molecular weight is 434 g/mol. The number of nitrogens with one attached hydrogen (secondary N) is 1. The van der Waals surface area contributed by atoms with Crippen LogP contribution in [-0.2, 0) is 20.8 Å². The lowest BCUT2D eigenvalue weighted by Crippen LogP contribution is -2.41. The molecule has 2 aromatic carbocycles. The molecule has 2 saturated heterocycles. The van der Waals surface area contributed by atoms with Gasteiger partial charge in [-0.15, -0.1) is 0 Å². The molecule has 6 heteroatoms. The topological polar surface area (TPSA) is 69.7 Å². The molecule has 3 amide bonds. The first-order chi connectivity index (χ1) is 15.5. The van der Waals surface area contributed by atoms with E-state index < -0.39 is 0 Å². The number of carbonyl (C=O) groups excluding carboxylic acids is 3. The number of amides is 3. The molecule has 2 aliphatic rings. The van der Waals surface area contributed by atoms with E-state index in [0.29, 0.717) is 39.1 Å². The fourth-order valence-electron chi connectivity index (χ4n) is 4.74. The highest BCUT2D eigenvalue weighted by atomic mass is 16.2. The molecule has 2 heterocycles. The molecule has 0 spiro atoms. The molecule has 0 aromatic heterocycles. The van der Waals surface area contributed by atoms with Gasteiger partial charge in [-0.2, -0.15) is 0 Å². The van der Waals surface area contributed by atoms with E-state index in [0.717, 1.165) is 16.7 Å². The number of aryl methyl sites for hydroxylation is 1. The molecule has 0 aliphatic carbocycles. The third-order valence-corrected chi connectivity index (χ3v) is 6.60. The Hall–Kier alpha value is -3.15. The number of hydrogen-bond donors (Lipinski definition) is 1. The minimum Gasteiger partial charge on any atom is -0.354 e. The maximum atomic E-state index is 13.2. The highest BCUT2D eigenvalue weighted by Crippen LogP contribution is 2.27. The van der Waals surface area contributed by atoms with Crippen molar-refractivity contribution >= 4 is 17.7 Å². The molecule has 2 aliphatic heterocycles. The molecule has 2 aromatic rings. The number of rotatable bonds is 5. The average Bonchev–Trinajstić information content (AvgIpc) is 3.08. The molecule has 0 radical (unpaired) electrons. The van der Waals surface area contributed by atoms with E-state index in [9.17, 15) is 14.4 Å². The Bertz CT molecular complexity index is 1000. The summed E-state index contributed by atoms with van der Waals surface area (Å²) in [5.41, 5.74) is 4.54. The first-order valence-electron chi connectivity index (χ1n) is 11.5. The summed E-state index contributed by atoms with van der Waals surface area (Å²) >= 11 is 0. The van der Waals surface area contributed by atoms with Crippen LogP contribution >= 0.6 is 0 Å². The van der Waals surface area contributed by atoms with Crippen LogP contribution in [0.15, 0.2) is 48.5 Å². The third kappa shape index (κ3) is 4.69. The van der Waals surface area contributed by atoms with Crippen molar-refractivity contribution in [3.05, 3.63) is 59.7 Å². The van der Waals surface area contributed by atoms with Crippen LogP contribution in [0.25, 0.3) is 11.1 Å². The molecule has 2 atom stereocenters. The van der Waals surface area contributed by atoms with E-state index in [1.54, 1.807) is 9.80 Å². The van der Waals surface area contributed by atoms with Gasteiger partial charge in [0.2, 0.25) is 17.7 Å². The van der Waals surface area contributed by atoms with Gasteiger partial charge >= 0.3 is 0 Å². The summed E-state index contributed by atoms with van der Waals surface area (Å²) in [7, 11) is 0. The fourth-order valence-corrected chi connectivity index (χ4v) is 4.74. The molecule has 0 bridgehead atoms. The molecule has 0 saturated carbocycles. The van der Waals surface area contributed by atoms with Gasteiger partial charge in [0.25, 0.3) is 0 Å². The monoisotopic (exact) mass is 433 g/mol. The van der Waals surface area contributed by atoms with Crippen LogP contribution in [0.3, 0.4) is 0 Å². The van der Waals surface area contributed by atoms with Crippen LogP contribution in [-0.4, -0.2) is 60.2 Å². The predicted molar refractivity (Wildman–Crippen MR) is 124 cm³/mol. The van der Waals surface area contributed by atoms with Crippen molar-refractivity contribution in [2.45, 2.75) is 26.7 Å². The Kier molecular flexibility index (Phi) is 6.58. The zero-order valence-electron chi connectivity index (χ0n) is 18.8. The SMILES string of the molecule is CCN1C[C@@H](C(=O)N2CCNC(=O)[C@@H](Cc3ccccc3-c3ccc(C)cc3)C2)CC1=O. The molecular formula is C26H31N3O3. The van der Waals surface area contributed by atoms with Gasteiger partial charge < -0.3 is 15.1 Å². The molecular weight excluding hydrogens is 402 g/mol. The fraction of sp³-hybridized carbons (Fsp3) is 0.423. The lowest BCUT2D eigenvalue weighted by molar-refractivity contribution is -0.136. The van der Waals surface area contributed by atoms with Crippen molar-refractivity contribution < 1.29 is 14.4 Å². The zero-order chi connectivity index (χ0) is 22.7. The summed E-state index contributed by atoms with van der Waals surface area (Å²) in [6.45, 7) is 6.41. The minimum absolute atomic E-state index is 0.0115. The number of benzene rings is 2. The van der Waals surface area contributed by atoms with Crippen molar-refractivity contribution in [1.29, 1.82) is 0 Å². The van der Waals surface area contributed by atoms with E-state index in [4.69, 9.17) is 0 Å². The highest BCUT2D eigenvalue weighted by molar-refractivity contribution is 5.90. The van der Waals surface area contributed by atoms with Crippen LogP contribution in [0, 0.1) is 18.8 Å². The molecule has 6 nitrogen and oxygen atoms in total. The van der Waals surface area contributed by atoms with Gasteiger partial charge in [-0.1, -0.05) is 54.1 Å². The molecule has 1 N–H and O–H groups in total. The molecule has 4 rings (SSSR count). The number of hydrogen-bond acceptors (Lipinski definition) is 3. The lowest BCUT2D eigenvalue weighted by Gasteiger charge is -2.26. The van der Waals surface area contributed by atoms with Gasteiger partial charge in [0.1, 0.15) is 0 Å². The van der Waals surface area contributed by atoms with E-state index in [-0.39, 0.29) is 36.0 Å². The Morgan fingerprint density at radius 2 is 1.81 bits per heavy atom. The second kappa shape index (κ2) is 9.55. The van der Waals surface area contributed by atoms with E-state index in [2.05, 4.69) is 48.6 Å². The number of likely N-dealkylation sites (tertiary alicyclic amines) is 1. The second-order valence-corrected chi connectivity index (χ2v) is 8.83. The zero-order valence-corrected chi connectivity index (χ0v) is 18.8. The molecule has 0 unspecified atom stereocenters. The van der Waals surface area contributed by atoms with Gasteiger partial charge in [0.15, 0.2) is 0 Å². The van der Waals surface area contributed by atoms with Crippen molar-refractivity contribution in [2.75, 3.05) is 32.7 Å². The normalized spacial score (nSPS) is 21.4. The predicted octanol–water partition coefficient (Wildman–Crippen LogP) is 2.65. The third-order valence-electron chi connectivity index (χ3n) is 6.60. The van der Waals surface area contributed by atoms with Crippen LogP contribution in [0.5, 0.6) is 0 Å². The molecule has 168 valence electrons. The lowest BCUT2D eigenvalue weighted by atomic mass is 9.91. The van der Waals surface area contributed by atoms with E-state index in [1.807, 2.05) is 19.1 Å². The van der Waals surface area contributed by atoms with Crippen molar-refractivity contribution in [1.82, 2.24) is 15.1 Å². The van der Waals surface area contributed by atoms with Crippen molar-refractivity contribution in [3.8, 4) is 11.1 Å². The summed E-state index contributed by atoms with van der Waals surface area (Å²) in [6, 6.07) is 16.5. The van der Waals surface area contributed by atoms with Crippen molar-refractivity contribution in [3.63, 3.8) is 0 Å². The maximum absolute atomic E-state index is 13.2. The van der Waals surface area contributed by atoms with Crippen LogP contribution < -0.4 is 5.32 Å². The first-order valence-corrected chi connectivity index (χ1v) is 11.5. The van der Waals surface area contributed by atoms with Gasteiger partial charge in [-0.25, -0.2) is 0 Å². The second-order valence-electron chi connectivity index (χ2n) is 8.83. The Morgan fingerprint density at radius 3 is 2.53 bits per heavy atom. The molecule has 2 fully saturated rings. The maximum Gasteiger partial charge on any atom is 0.228 e. The Balaban J connectivity index is 1.52. The van der Waals surface area contributed by atoms with Crippen LogP contribution in [0.1, 0.15) is 24.5 Å². The quantitative estimate of drug-likeness (QED) is 0.788. The Labute approximate surface area is 189 Å². The van der Waals surface area contributed by atoms with Crippen molar-refractivity contribution in [2.24, 2.45) is 11.8 Å². The smallest absolute Gasteiger partial charge is 0.228 e. The summed E-state index contributed by atoms with van der Waals surface area (Å²) in [6.07, 6.45) is 0.829. The van der Waals surface area contributed by atoms with E-state index >= 15 is 0 Å². The summed E-state index contributed by atoms with van der Waals surface area (Å²) in [4.78, 5) is 41.7. The highest BCUT2D eigenvalue weighted by Gasteiger charge is 2.37. The molecule has 32 heavy (non-hydrogen) atoms. The van der Waals surface area contributed by atoms with Gasteiger partial charge in [0, 0.05) is 39.1 Å². The number of nitrogens with zero attached hydrogens (tertiary/aromatic N) is 2. The standard InChI is InChI=1S/C26H31N3O3/c1-3-28-17-22(15-24(28)30)26(32)29-13-12-27-25(31)21(16-29)14-20-6-4-5-7-23(20)19-10-8-18(2)9-11-19/h4-11,21-22H,3,12-17H2,1-2H3,(H,27,31)/t21-,22-/m0/s1.